The van der Waals surface area contributed by atoms with Crippen LogP contribution in [0.3, 0.4) is 0 Å². The molecule has 1 unspecified atom stereocenters. The molecule has 1 atom stereocenters. The van der Waals surface area contributed by atoms with Gasteiger partial charge < -0.3 is 20.5 Å². The number of carbonyl (C=O) groups is 2. The Morgan fingerprint density at radius 2 is 1.60 bits per heavy atom. The van der Waals surface area contributed by atoms with Gasteiger partial charge in [0.05, 0.1) is 6.04 Å². The van der Waals surface area contributed by atoms with E-state index in [1.165, 1.54) is 12.1 Å². The van der Waals surface area contributed by atoms with Crippen molar-refractivity contribution in [2.75, 3.05) is 17.2 Å². The first-order valence-corrected chi connectivity index (χ1v) is 13.7. The van der Waals surface area contributed by atoms with Crippen molar-refractivity contribution in [2.45, 2.75) is 19.1 Å². The number of hydrogen-bond donors (Lipinski definition) is 3. The van der Waals surface area contributed by atoms with E-state index in [-0.39, 0.29) is 24.0 Å². The summed E-state index contributed by atoms with van der Waals surface area (Å²) in [7, 11) is 0. The molecule has 4 N–H and O–H groups in total. The van der Waals surface area contributed by atoms with Crippen LogP contribution in [0.15, 0.2) is 103 Å². The van der Waals surface area contributed by atoms with Gasteiger partial charge in [-0.15, -0.1) is 0 Å². The second kappa shape index (κ2) is 12.1. The Hall–Kier alpha value is -5.64. The molecule has 10 heteroatoms. The van der Waals surface area contributed by atoms with Gasteiger partial charge >= 0.3 is 6.09 Å². The van der Waals surface area contributed by atoms with Crippen molar-refractivity contribution in [1.82, 2.24) is 9.78 Å². The predicted octanol–water partition coefficient (Wildman–Crippen LogP) is 6.73. The van der Waals surface area contributed by atoms with Gasteiger partial charge in [-0.1, -0.05) is 48.5 Å². The monoisotopic (exact) mass is 577 g/mol. The number of nitrogens with two attached hydrogens (primary N) is 1. The van der Waals surface area contributed by atoms with Crippen molar-refractivity contribution in [3.05, 3.63) is 126 Å². The molecule has 216 valence electrons. The lowest BCUT2D eigenvalue weighted by molar-refractivity contribution is 0.100. The van der Waals surface area contributed by atoms with E-state index in [1.54, 1.807) is 47.1 Å². The number of aromatic nitrogens is 2. The zero-order valence-corrected chi connectivity index (χ0v) is 23.0. The maximum absolute atomic E-state index is 13.2. The van der Waals surface area contributed by atoms with Gasteiger partial charge in [-0.2, -0.15) is 5.10 Å². The first kappa shape index (κ1) is 27.5. The minimum absolute atomic E-state index is 0.143. The Morgan fingerprint density at radius 3 is 2.33 bits per heavy atom. The fraction of sp³-hybridized carbons (Fsp3) is 0.121. The number of para-hydroxylation sites is 1. The van der Waals surface area contributed by atoms with Gasteiger partial charge in [0.15, 0.2) is 0 Å². The number of hydrogen-bond acceptors (Lipinski definition) is 6. The van der Waals surface area contributed by atoms with Gasteiger partial charge in [-0.05, 0) is 66.6 Å². The van der Waals surface area contributed by atoms with Gasteiger partial charge in [0, 0.05) is 23.4 Å². The van der Waals surface area contributed by atoms with Crippen molar-refractivity contribution >= 4 is 23.5 Å². The lowest BCUT2D eigenvalue weighted by atomic mass is 9.99. The molecule has 0 bridgehead atoms. The largest absolute Gasteiger partial charge is 0.457 e. The highest BCUT2D eigenvalue weighted by Gasteiger charge is 2.31. The highest BCUT2D eigenvalue weighted by Crippen LogP contribution is 2.39. The third kappa shape index (κ3) is 6.03. The van der Waals surface area contributed by atoms with Crippen LogP contribution in [0.2, 0.25) is 0 Å². The van der Waals surface area contributed by atoms with Crippen LogP contribution in [0.4, 0.5) is 20.7 Å². The molecule has 1 aliphatic heterocycles. The molecule has 43 heavy (non-hydrogen) atoms. The van der Waals surface area contributed by atoms with Crippen molar-refractivity contribution in [3.63, 3.8) is 0 Å². The number of nitrogens with zero attached hydrogens (tertiary/aromatic N) is 2. The van der Waals surface area contributed by atoms with Crippen LogP contribution in [-0.4, -0.2) is 28.3 Å². The minimum atomic E-state index is -0.619. The zero-order chi connectivity index (χ0) is 29.8. The summed E-state index contributed by atoms with van der Waals surface area (Å²) in [5.41, 5.74) is 9.50. The van der Waals surface area contributed by atoms with E-state index in [4.69, 9.17) is 20.3 Å². The maximum atomic E-state index is 13.2. The lowest BCUT2D eigenvalue weighted by Gasteiger charge is -2.28. The molecule has 0 saturated heterocycles. The van der Waals surface area contributed by atoms with Crippen LogP contribution in [0.25, 0.3) is 11.3 Å². The zero-order valence-electron chi connectivity index (χ0n) is 23.0. The molecular weight excluding hydrogens is 549 g/mol. The number of ether oxygens (including phenoxy) is 2. The fourth-order valence-corrected chi connectivity index (χ4v) is 5.09. The van der Waals surface area contributed by atoms with Crippen LogP contribution >= 0.6 is 0 Å². The van der Waals surface area contributed by atoms with E-state index >= 15 is 0 Å². The SMILES string of the molecule is NC(=O)c1c(-c2ccc(Oc3ccc(F)cc3)cc2)nn2c1NCCC2c1ccccc1NC(=O)OCc1ccccc1. The van der Waals surface area contributed by atoms with Gasteiger partial charge in [0.2, 0.25) is 0 Å². The van der Waals surface area contributed by atoms with Crippen molar-refractivity contribution in [2.24, 2.45) is 5.73 Å². The van der Waals surface area contributed by atoms with Crippen LogP contribution in [-0.2, 0) is 11.3 Å². The summed E-state index contributed by atoms with van der Waals surface area (Å²) < 4.78 is 26.2. The fourth-order valence-electron chi connectivity index (χ4n) is 5.09. The third-order valence-electron chi connectivity index (χ3n) is 7.11. The minimum Gasteiger partial charge on any atom is -0.457 e. The molecule has 5 aromatic rings. The molecule has 1 aliphatic rings. The van der Waals surface area contributed by atoms with Crippen LogP contribution in [0.1, 0.15) is 33.9 Å². The number of rotatable bonds is 8. The summed E-state index contributed by atoms with van der Waals surface area (Å²) in [5.74, 6) is 0.570. The summed E-state index contributed by atoms with van der Waals surface area (Å²) in [5, 5.41) is 11.0. The van der Waals surface area contributed by atoms with E-state index < -0.39 is 12.0 Å². The molecule has 1 aromatic heterocycles. The molecule has 0 spiro atoms. The number of carbonyl (C=O) groups excluding carboxylic acids is 2. The molecule has 2 amide bonds. The summed E-state index contributed by atoms with van der Waals surface area (Å²) >= 11 is 0. The Kier molecular flexibility index (Phi) is 7.73. The summed E-state index contributed by atoms with van der Waals surface area (Å²) in [4.78, 5) is 25.4. The van der Waals surface area contributed by atoms with Gasteiger partial charge in [0.1, 0.15) is 41.0 Å². The topological polar surface area (TPSA) is 121 Å². The molecule has 0 aliphatic carbocycles. The Labute approximate surface area is 247 Å². The number of nitrogens with one attached hydrogen (secondary N) is 2. The third-order valence-corrected chi connectivity index (χ3v) is 7.11. The molecule has 6 rings (SSSR count). The maximum Gasteiger partial charge on any atom is 0.411 e. The van der Waals surface area contributed by atoms with Crippen LogP contribution < -0.4 is 21.1 Å². The molecule has 9 nitrogen and oxygen atoms in total. The van der Waals surface area contributed by atoms with Gasteiger partial charge in [-0.25, -0.2) is 13.9 Å². The van der Waals surface area contributed by atoms with Crippen molar-refractivity contribution in [1.29, 1.82) is 0 Å². The van der Waals surface area contributed by atoms with E-state index in [2.05, 4.69) is 10.6 Å². The quantitative estimate of drug-likeness (QED) is 0.188. The lowest BCUT2D eigenvalue weighted by Crippen LogP contribution is -2.27. The molecule has 2 heterocycles. The average Bonchev–Trinajstić information content (AvgIpc) is 3.43. The molecule has 0 fully saturated rings. The first-order chi connectivity index (χ1) is 21.0. The Bertz CT molecular complexity index is 1760. The van der Waals surface area contributed by atoms with E-state index in [1.807, 2.05) is 48.5 Å². The normalized spacial score (nSPS) is 13.8. The molecular formula is C33H28FN5O4. The molecule has 0 saturated carbocycles. The number of benzene rings is 4. The van der Waals surface area contributed by atoms with Gasteiger partial charge in [-0.3, -0.25) is 10.1 Å². The number of amides is 2. The molecule has 4 aromatic carbocycles. The van der Waals surface area contributed by atoms with Gasteiger partial charge in [0.25, 0.3) is 5.91 Å². The van der Waals surface area contributed by atoms with Crippen molar-refractivity contribution < 1.29 is 23.5 Å². The summed E-state index contributed by atoms with van der Waals surface area (Å²) in [6.45, 7) is 0.706. The number of fused-ring (bicyclic) bond motifs is 1. The number of primary amides is 1. The van der Waals surface area contributed by atoms with E-state index in [0.29, 0.717) is 47.2 Å². The second-order valence-corrected chi connectivity index (χ2v) is 9.97. The Balaban J connectivity index is 1.27. The summed E-state index contributed by atoms with van der Waals surface area (Å²) in [6, 6.07) is 29.4. The standard InChI is InChI=1S/C33H28FN5O4/c34-23-12-16-25(17-13-23)43-24-14-10-22(11-15-24)30-29(31(35)40)32-36-19-18-28(39(32)38-30)26-8-4-5-9-27(26)37-33(41)42-20-21-6-2-1-3-7-21/h1-17,28,36H,18-20H2,(H2,35,40)(H,37,41). The number of anilines is 2. The smallest absolute Gasteiger partial charge is 0.411 e. The van der Waals surface area contributed by atoms with E-state index in [0.717, 1.165) is 11.1 Å². The van der Waals surface area contributed by atoms with Crippen LogP contribution in [0.5, 0.6) is 11.5 Å². The predicted molar refractivity (Wildman–Crippen MR) is 161 cm³/mol. The average molecular weight is 578 g/mol. The van der Waals surface area contributed by atoms with Crippen LogP contribution in [0, 0.1) is 5.82 Å². The van der Waals surface area contributed by atoms with E-state index in [9.17, 15) is 14.0 Å². The highest BCUT2D eigenvalue weighted by molar-refractivity contribution is 6.04. The Morgan fingerprint density at radius 1 is 0.930 bits per heavy atom. The molecule has 0 radical (unpaired) electrons. The highest BCUT2D eigenvalue weighted by atomic mass is 19.1. The van der Waals surface area contributed by atoms with Crippen molar-refractivity contribution in [3.8, 4) is 22.8 Å². The number of halogens is 1. The second-order valence-electron chi connectivity index (χ2n) is 9.97. The first-order valence-electron chi connectivity index (χ1n) is 13.7. The summed E-state index contributed by atoms with van der Waals surface area (Å²) in [6.07, 6.45) is 0.0709.